The lowest BCUT2D eigenvalue weighted by atomic mass is 9.78. The number of ketones is 1. The van der Waals surface area contributed by atoms with Crippen LogP contribution in [0, 0.1) is 11.8 Å². The van der Waals surface area contributed by atoms with Crippen LogP contribution in [0.1, 0.15) is 53.4 Å². The lowest BCUT2D eigenvalue weighted by Gasteiger charge is -2.30. The first-order chi connectivity index (χ1) is 13.2. The van der Waals surface area contributed by atoms with Crippen molar-refractivity contribution < 1.29 is 24.9 Å². The molecule has 0 spiro atoms. The maximum absolute atomic E-state index is 12.2. The standard InChI is InChI=1S/C23H36O5/c1-15(7-6-8-16(2)11-19(25)12-17(3)14-24)9-10-20-18(4)23(27)22(28-5)13-21(20)26/h8-9,12-13,18-21,24-26H,6-7,10-11,14H2,1-5H3/t18-,19+,20-,21+/m1/s1. The lowest BCUT2D eigenvalue weighted by Crippen LogP contribution is -2.36. The second kappa shape index (κ2) is 12.0. The number of methoxy groups -OCH3 is 1. The molecular weight excluding hydrogens is 356 g/mol. The summed E-state index contributed by atoms with van der Waals surface area (Å²) in [6.45, 7) is 7.65. The molecule has 0 fully saturated rings. The van der Waals surface area contributed by atoms with E-state index in [9.17, 15) is 15.0 Å². The van der Waals surface area contributed by atoms with Crippen LogP contribution in [0.15, 0.2) is 46.8 Å². The Bertz CT molecular complexity index is 641. The number of carbonyl (C=O) groups excluding carboxylic acids is 1. The molecule has 158 valence electrons. The number of Topliss-reactive ketones (excluding diaryl/α,β-unsaturated/α-hetero) is 1. The molecule has 0 radical (unpaired) electrons. The van der Waals surface area contributed by atoms with Crippen molar-refractivity contribution in [1.82, 2.24) is 0 Å². The quantitative estimate of drug-likeness (QED) is 0.496. The van der Waals surface area contributed by atoms with Gasteiger partial charge in [0.1, 0.15) is 0 Å². The molecule has 28 heavy (non-hydrogen) atoms. The number of carbonyl (C=O) groups is 1. The zero-order valence-electron chi connectivity index (χ0n) is 17.8. The fourth-order valence-corrected chi connectivity index (χ4v) is 3.43. The van der Waals surface area contributed by atoms with Gasteiger partial charge >= 0.3 is 0 Å². The van der Waals surface area contributed by atoms with Gasteiger partial charge in [-0.2, -0.15) is 0 Å². The van der Waals surface area contributed by atoms with E-state index in [1.807, 2.05) is 13.8 Å². The Labute approximate surface area is 169 Å². The van der Waals surface area contributed by atoms with Crippen LogP contribution in [0.25, 0.3) is 0 Å². The smallest absolute Gasteiger partial charge is 0.200 e. The fraction of sp³-hybridized carbons (Fsp3) is 0.609. The normalized spacial score (nSPS) is 25.6. The number of hydrogen-bond donors (Lipinski definition) is 3. The molecule has 0 bridgehead atoms. The number of hydrogen-bond acceptors (Lipinski definition) is 5. The van der Waals surface area contributed by atoms with Gasteiger partial charge in [0.15, 0.2) is 11.5 Å². The maximum Gasteiger partial charge on any atom is 0.200 e. The topological polar surface area (TPSA) is 87.0 Å². The van der Waals surface area contributed by atoms with Gasteiger partial charge in [-0.05, 0) is 58.1 Å². The molecule has 0 heterocycles. The monoisotopic (exact) mass is 392 g/mol. The van der Waals surface area contributed by atoms with Gasteiger partial charge in [-0.15, -0.1) is 0 Å². The average Bonchev–Trinajstić information content (AvgIpc) is 2.64. The molecule has 0 saturated carbocycles. The van der Waals surface area contributed by atoms with Crippen molar-refractivity contribution >= 4 is 5.78 Å². The summed E-state index contributed by atoms with van der Waals surface area (Å²) in [7, 11) is 1.45. The van der Waals surface area contributed by atoms with Crippen LogP contribution in [0.2, 0.25) is 0 Å². The third-order valence-corrected chi connectivity index (χ3v) is 5.31. The zero-order chi connectivity index (χ0) is 21.3. The van der Waals surface area contributed by atoms with E-state index in [4.69, 9.17) is 9.84 Å². The molecule has 0 aromatic rings. The van der Waals surface area contributed by atoms with Crippen molar-refractivity contribution in [1.29, 1.82) is 0 Å². The van der Waals surface area contributed by atoms with E-state index < -0.39 is 12.2 Å². The molecule has 4 atom stereocenters. The first-order valence-corrected chi connectivity index (χ1v) is 9.95. The van der Waals surface area contributed by atoms with E-state index in [0.29, 0.717) is 12.8 Å². The minimum Gasteiger partial charge on any atom is -0.493 e. The molecule has 0 aliphatic heterocycles. The highest BCUT2D eigenvalue weighted by atomic mass is 16.5. The summed E-state index contributed by atoms with van der Waals surface area (Å²) >= 11 is 0. The molecule has 1 rings (SSSR count). The van der Waals surface area contributed by atoms with Crippen molar-refractivity contribution in [3.63, 3.8) is 0 Å². The number of ether oxygens (including phenoxy) is 1. The van der Waals surface area contributed by atoms with Gasteiger partial charge in [0.2, 0.25) is 0 Å². The zero-order valence-corrected chi connectivity index (χ0v) is 17.8. The SMILES string of the molecule is COC1=C[C@H](O)[C@H](CC=C(C)CCC=C(C)C[C@H](O)C=C(C)CO)[C@@H](C)C1=O. The first-order valence-electron chi connectivity index (χ1n) is 9.95. The highest BCUT2D eigenvalue weighted by molar-refractivity contribution is 5.96. The van der Waals surface area contributed by atoms with Crippen molar-refractivity contribution in [2.45, 2.75) is 65.6 Å². The summed E-state index contributed by atoms with van der Waals surface area (Å²) in [6.07, 6.45) is 9.16. The minimum atomic E-state index is -0.675. The van der Waals surface area contributed by atoms with Crippen LogP contribution in [-0.4, -0.2) is 47.0 Å². The molecule has 0 amide bonds. The molecule has 3 N–H and O–H groups in total. The minimum absolute atomic E-state index is 0.0354. The van der Waals surface area contributed by atoms with E-state index >= 15 is 0 Å². The Morgan fingerprint density at radius 3 is 2.50 bits per heavy atom. The summed E-state index contributed by atoms with van der Waals surface area (Å²) in [6, 6.07) is 0. The van der Waals surface area contributed by atoms with Gasteiger partial charge in [0.25, 0.3) is 0 Å². The van der Waals surface area contributed by atoms with Gasteiger partial charge < -0.3 is 20.1 Å². The predicted molar refractivity (Wildman–Crippen MR) is 112 cm³/mol. The van der Waals surface area contributed by atoms with Crippen LogP contribution in [0.4, 0.5) is 0 Å². The molecule has 0 aromatic carbocycles. The Morgan fingerprint density at radius 1 is 1.21 bits per heavy atom. The Hall–Kier alpha value is -1.69. The van der Waals surface area contributed by atoms with E-state index in [0.717, 1.165) is 24.0 Å². The predicted octanol–water partition coefficient (Wildman–Crippen LogP) is 3.47. The summed E-state index contributed by atoms with van der Waals surface area (Å²) < 4.78 is 5.04. The number of rotatable bonds is 10. The summed E-state index contributed by atoms with van der Waals surface area (Å²) in [5.41, 5.74) is 3.10. The summed E-state index contributed by atoms with van der Waals surface area (Å²) in [5.74, 6) is -0.191. The number of allylic oxidation sites excluding steroid dienone is 4. The van der Waals surface area contributed by atoms with E-state index in [-0.39, 0.29) is 30.0 Å². The van der Waals surface area contributed by atoms with Gasteiger partial charge in [-0.3, -0.25) is 4.79 Å². The highest BCUT2D eigenvalue weighted by Gasteiger charge is 2.35. The molecule has 1 aliphatic carbocycles. The average molecular weight is 393 g/mol. The van der Waals surface area contributed by atoms with Crippen molar-refractivity contribution in [2.24, 2.45) is 11.8 Å². The van der Waals surface area contributed by atoms with Gasteiger partial charge in [-0.25, -0.2) is 0 Å². The molecule has 5 heteroatoms. The van der Waals surface area contributed by atoms with E-state index in [1.165, 1.54) is 18.8 Å². The van der Waals surface area contributed by atoms with Gasteiger partial charge in [-0.1, -0.05) is 36.3 Å². The Balaban J connectivity index is 2.53. The Kier molecular flexibility index (Phi) is 10.4. The number of aliphatic hydroxyl groups is 3. The lowest BCUT2D eigenvalue weighted by molar-refractivity contribution is -0.126. The van der Waals surface area contributed by atoms with E-state index in [1.54, 1.807) is 13.0 Å². The molecule has 1 aliphatic rings. The first kappa shape index (κ1) is 24.3. The van der Waals surface area contributed by atoms with Crippen LogP contribution < -0.4 is 0 Å². The van der Waals surface area contributed by atoms with Gasteiger partial charge in [0.05, 0.1) is 25.9 Å². The molecular formula is C23H36O5. The third-order valence-electron chi connectivity index (χ3n) is 5.31. The van der Waals surface area contributed by atoms with Crippen LogP contribution >= 0.6 is 0 Å². The molecule has 5 nitrogen and oxygen atoms in total. The summed E-state index contributed by atoms with van der Waals surface area (Å²) in [4.78, 5) is 12.2. The second-order valence-corrected chi connectivity index (χ2v) is 7.86. The van der Waals surface area contributed by atoms with Crippen molar-refractivity contribution in [2.75, 3.05) is 13.7 Å². The largest absolute Gasteiger partial charge is 0.493 e. The highest BCUT2D eigenvalue weighted by Crippen LogP contribution is 2.30. The molecule has 0 unspecified atom stereocenters. The second-order valence-electron chi connectivity index (χ2n) is 7.86. The van der Waals surface area contributed by atoms with Crippen LogP contribution in [0.5, 0.6) is 0 Å². The summed E-state index contributed by atoms with van der Waals surface area (Å²) in [5, 5.41) is 29.2. The van der Waals surface area contributed by atoms with Crippen molar-refractivity contribution in [3.05, 3.63) is 46.8 Å². The van der Waals surface area contributed by atoms with E-state index in [2.05, 4.69) is 19.1 Å². The maximum atomic E-state index is 12.2. The van der Waals surface area contributed by atoms with Crippen LogP contribution in [-0.2, 0) is 9.53 Å². The van der Waals surface area contributed by atoms with Crippen LogP contribution in [0.3, 0.4) is 0 Å². The Morgan fingerprint density at radius 2 is 1.89 bits per heavy atom. The number of aliphatic hydroxyl groups excluding tert-OH is 3. The fourth-order valence-electron chi connectivity index (χ4n) is 3.43. The molecule has 0 aromatic heterocycles. The molecule has 0 saturated heterocycles. The van der Waals surface area contributed by atoms with Gasteiger partial charge in [0, 0.05) is 11.8 Å². The third kappa shape index (κ3) is 7.74. The van der Waals surface area contributed by atoms with Crippen molar-refractivity contribution in [3.8, 4) is 0 Å².